The van der Waals surface area contributed by atoms with E-state index in [2.05, 4.69) is 40.4 Å². The highest BCUT2D eigenvalue weighted by Crippen LogP contribution is 2.21. The normalized spacial score (nSPS) is 19.9. The first-order valence-corrected chi connectivity index (χ1v) is 9.38. The van der Waals surface area contributed by atoms with Gasteiger partial charge in [0.05, 0.1) is 12.2 Å². The molecule has 1 fully saturated rings. The molecule has 1 atom stereocenters. The Labute approximate surface area is 173 Å². The number of aromatic nitrogens is 2. The number of carbonyl (C=O) groups excluding carboxylic acids is 1. The number of guanidine groups is 1. The lowest BCUT2D eigenvalue weighted by Gasteiger charge is -2.25. The number of nitrogens with zero attached hydrogens (tertiary/aromatic N) is 4. The molecule has 1 unspecified atom stereocenters. The third-order valence-electron chi connectivity index (χ3n) is 5.06. The molecule has 26 heavy (non-hydrogen) atoms. The van der Waals surface area contributed by atoms with Gasteiger partial charge < -0.3 is 15.5 Å². The van der Waals surface area contributed by atoms with Crippen molar-refractivity contribution in [3.05, 3.63) is 17.5 Å². The van der Waals surface area contributed by atoms with Crippen molar-refractivity contribution in [2.75, 3.05) is 26.7 Å². The highest BCUT2D eigenvalue weighted by molar-refractivity contribution is 14.0. The van der Waals surface area contributed by atoms with E-state index in [0.29, 0.717) is 24.6 Å². The third-order valence-corrected chi connectivity index (χ3v) is 5.06. The van der Waals surface area contributed by atoms with Gasteiger partial charge in [0.1, 0.15) is 0 Å². The summed E-state index contributed by atoms with van der Waals surface area (Å²) in [5.74, 6) is 0.853. The molecule has 0 saturated carbocycles. The van der Waals surface area contributed by atoms with Gasteiger partial charge in [0.2, 0.25) is 5.91 Å². The molecular formula is C18H31IN6O. The molecule has 2 aliphatic rings. The molecule has 7 nitrogen and oxygen atoms in total. The zero-order valence-electron chi connectivity index (χ0n) is 16.0. The molecule has 1 amide bonds. The smallest absolute Gasteiger partial charge is 0.241 e. The second-order valence-corrected chi connectivity index (χ2v) is 7.27. The van der Waals surface area contributed by atoms with Gasteiger partial charge in [-0.15, -0.1) is 24.0 Å². The zero-order chi connectivity index (χ0) is 17.8. The Morgan fingerprint density at radius 2 is 2.12 bits per heavy atom. The maximum absolute atomic E-state index is 12.2. The Hall–Kier alpha value is -1.32. The summed E-state index contributed by atoms with van der Waals surface area (Å²) in [5.41, 5.74) is 2.54. The van der Waals surface area contributed by atoms with Gasteiger partial charge in [-0.1, -0.05) is 0 Å². The van der Waals surface area contributed by atoms with Gasteiger partial charge in [-0.25, -0.2) is 0 Å². The Morgan fingerprint density at radius 1 is 1.38 bits per heavy atom. The van der Waals surface area contributed by atoms with Gasteiger partial charge in [-0.3, -0.25) is 14.5 Å². The largest absolute Gasteiger partial charge is 0.353 e. The van der Waals surface area contributed by atoms with Gasteiger partial charge in [0.15, 0.2) is 5.96 Å². The molecule has 1 saturated heterocycles. The van der Waals surface area contributed by atoms with E-state index in [1.54, 1.807) is 7.05 Å². The molecule has 3 rings (SSSR count). The van der Waals surface area contributed by atoms with Crippen molar-refractivity contribution < 1.29 is 4.79 Å². The minimum atomic E-state index is 0. The van der Waals surface area contributed by atoms with Gasteiger partial charge in [0, 0.05) is 44.8 Å². The average molecular weight is 474 g/mol. The lowest BCUT2D eigenvalue weighted by Crippen LogP contribution is -2.48. The van der Waals surface area contributed by atoms with Crippen LogP contribution in [0.2, 0.25) is 0 Å². The van der Waals surface area contributed by atoms with E-state index in [-0.39, 0.29) is 29.9 Å². The molecule has 1 aromatic heterocycles. The van der Waals surface area contributed by atoms with Crippen LogP contribution in [0.25, 0.3) is 0 Å². The van der Waals surface area contributed by atoms with Crippen LogP contribution in [0.1, 0.15) is 50.4 Å². The number of hydrogen-bond donors (Lipinski definition) is 2. The van der Waals surface area contributed by atoms with E-state index in [9.17, 15) is 4.79 Å². The number of halogens is 1. The van der Waals surface area contributed by atoms with Gasteiger partial charge >= 0.3 is 0 Å². The van der Waals surface area contributed by atoms with Crippen LogP contribution in [0.3, 0.4) is 0 Å². The number of rotatable bonds is 4. The van der Waals surface area contributed by atoms with Gasteiger partial charge in [0.25, 0.3) is 0 Å². The fourth-order valence-corrected chi connectivity index (χ4v) is 3.53. The molecule has 1 aliphatic heterocycles. The van der Waals surface area contributed by atoms with Crippen LogP contribution >= 0.6 is 24.0 Å². The summed E-state index contributed by atoms with van der Waals surface area (Å²) in [7, 11) is 1.75. The second-order valence-electron chi connectivity index (χ2n) is 7.27. The van der Waals surface area contributed by atoms with E-state index >= 15 is 0 Å². The van der Waals surface area contributed by atoms with Crippen LogP contribution in [0, 0.1) is 0 Å². The molecule has 0 bridgehead atoms. The first kappa shape index (κ1) is 21.0. The summed E-state index contributed by atoms with van der Waals surface area (Å²) in [4.78, 5) is 18.3. The van der Waals surface area contributed by atoms with Crippen molar-refractivity contribution in [1.82, 2.24) is 25.3 Å². The second kappa shape index (κ2) is 9.57. The van der Waals surface area contributed by atoms with Crippen molar-refractivity contribution in [1.29, 1.82) is 0 Å². The first-order valence-electron chi connectivity index (χ1n) is 9.38. The summed E-state index contributed by atoms with van der Waals surface area (Å²) in [6.07, 6.45) is 7.40. The maximum Gasteiger partial charge on any atom is 0.241 e. The Kier molecular flexibility index (Phi) is 7.72. The van der Waals surface area contributed by atoms with Crippen LogP contribution in [-0.4, -0.2) is 59.3 Å². The van der Waals surface area contributed by atoms with Crippen molar-refractivity contribution in [3.63, 3.8) is 0 Å². The van der Waals surface area contributed by atoms with Crippen LogP contribution in [-0.2, 0) is 17.6 Å². The van der Waals surface area contributed by atoms with E-state index < -0.39 is 0 Å². The lowest BCUT2D eigenvalue weighted by atomic mass is 9.94. The zero-order valence-corrected chi connectivity index (χ0v) is 18.3. The average Bonchev–Trinajstić information content (AvgIpc) is 3.27. The van der Waals surface area contributed by atoms with Gasteiger partial charge in [-0.2, -0.15) is 5.10 Å². The summed E-state index contributed by atoms with van der Waals surface area (Å²) in [6.45, 7) is 6.38. The Balaban J connectivity index is 0.00000243. The first-order chi connectivity index (χ1) is 12.1. The highest BCUT2D eigenvalue weighted by Gasteiger charge is 2.23. The number of carbonyl (C=O) groups is 1. The number of fused-ring (bicyclic) bond motifs is 1. The van der Waals surface area contributed by atoms with E-state index in [4.69, 9.17) is 5.10 Å². The van der Waals surface area contributed by atoms with Crippen molar-refractivity contribution in [3.8, 4) is 0 Å². The number of aryl methyl sites for hydroxylation is 1. The fraction of sp³-hybridized carbons (Fsp3) is 0.722. The molecule has 0 radical (unpaired) electrons. The lowest BCUT2D eigenvalue weighted by molar-refractivity contribution is -0.128. The Morgan fingerprint density at radius 3 is 2.77 bits per heavy atom. The molecule has 0 aromatic carbocycles. The maximum atomic E-state index is 12.2. The molecule has 1 aliphatic carbocycles. The van der Waals surface area contributed by atoms with Crippen LogP contribution in [0.15, 0.2) is 11.2 Å². The predicted octanol–water partition coefficient (Wildman–Crippen LogP) is 1.73. The third kappa shape index (κ3) is 5.11. The molecular weight excluding hydrogens is 443 g/mol. The minimum Gasteiger partial charge on any atom is -0.353 e. The molecule has 0 spiro atoms. The standard InChI is InChI=1S/C18H30N6O.HI/c1-13(2)24-12-14-6-7-15(10-16(14)22-24)21-18(19-3)20-11-17(25)23-8-4-5-9-23;/h12-13,15H,4-11H2,1-3H3,(H2,19,20,21);1H. The molecule has 2 N–H and O–H groups in total. The van der Waals surface area contributed by atoms with Crippen LogP contribution in [0.4, 0.5) is 0 Å². The number of likely N-dealkylation sites (tertiary alicyclic amines) is 1. The van der Waals surface area contributed by atoms with E-state index in [1.165, 1.54) is 11.3 Å². The van der Waals surface area contributed by atoms with Gasteiger partial charge in [-0.05, 0) is 45.1 Å². The number of aliphatic imine (C=N–C) groups is 1. The number of nitrogens with one attached hydrogen (secondary N) is 2. The number of hydrogen-bond acceptors (Lipinski definition) is 3. The van der Waals surface area contributed by atoms with E-state index in [0.717, 1.165) is 45.2 Å². The molecule has 2 heterocycles. The summed E-state index contributed by atoms with van der Waals surface area (Å²) in [6, 6.07) is 0.694. The van der Waals surface area contributed by atoms with E-state index in [1.807, 2.05) is 4.90 Å². The highest BCUT2D eigenvalue weighted by atomic mass is 127. The summed E-state index contributed by atoms with van der Waals surface area (Å²) >= 11 is 0. The summed E-state index contributed by atoms with van der Waals surface area (Å²) in [5, 5.41) is 11.3. The monoisotopic (exact) mass is 474 g/mol. The van der Waals surface area contributed by atoms with Crippen LogP contribution < -0.4 is 10.6 Å². The fourth-order valence-electron chi connectivity index (χ4n) is 3.53. The molecule has 1 aromatic rings. The SMILES string of the molecule is CN=C(NCC(=O)N1CCCC1)NC1CCc2cn(C(C)C)nc2C1.I. The predicted molar refractivity (Wildman–Crippen MR) is 114 cm³/mol. The van der Waals surface area contributed by atoms with Crippen molar-refractivity contribution in [2.24, 2.45) is 4.99 Å². The van der Waals surface area contributed by atoms with Crippen LogP contribution in [0.5, 0.6) is 0 Å². The summed E-state index contributed by atoms with van der Waals surface area (Å²) < 4.78 is 2.05. The molecule has 146 valence electrons. The topological polar surface area (TPSA) is 74.6 Å². The number of amides is 1. The quantitative estimate of drug-likeness (QED) is 0.396. The molecule has 8 heteroatoms. The Bertz CT molecular complexity index is 636. The van der Waals surface area contributed by atoms with Crippen molar-refractivity contribution >= 4 is 35.8 Å². The van der Waals surface area contributed by atoms with Crippen molar-refractivity contribution in [2.45, 2.75) is 58.0 Å². The minimum absolute atomic E-state index is 0.